The van der Waals surface area contributed by atoms with Crippen LogP contribution in [0.2, 0.25) is 5.02 Å². The molecule has 0 N–H and O–H groups in total. The minimum Gasteiger partial charge on any atom is -0.287 e. The van der Waals surface area contributed by atoms with Crippen LogP contribution in [0, 0.1) is 17.2 Å². The van der Waals surface area contributed by atoms with Crippen molar-refractivity contribution < 1.29 is 0 Å². The number of halogens is 1. The first-order valence-corrected chi connectivity index (χ1v) is 9.66. The summed E-state index contributed by atoms with van der Waals surface area (Å²) in [5.41, 5.74) is 2.23. The lowest BCUT2D eigenvalue weighted by atomic mass is 10.2. The first-order chi connectivity index (χ1) is 12.5. The molecule has 0 aliphatic carbocycles. The molecule has 0 aliphatic rings. The fourth-order valence-electron chi connectivity index (χ4n) is 2.69. The number of benzene rings is 2. The van der Waals surface area contributed by atoms with Crippen molar-refractivity contribution in [3.63, 3.8) is 0 Å². The highest BCUT2D eigenvalue weighted by atomic mass is 35.5. The fraction of sp³-hybridized carbons (Fsp3) is 0.250. The van der Waals surface area contributed by atoms with Crippen molar-refractivity contribution in [2.24, 2.45) is 5.92 Å². The number of thioether (sulfide) groups is 1. The van der Waals surface area contributed by atoms with Gasteiger partial charge in [-0.25, -0.2) is 4.98 Å². The van der Waals surface area contributed by atoms with Gasteiger partial charge in [0, 0.05) is 17.3 Å². The third-order valence-corrected chi connectivity index (χ3v) is 5.14. The highest BCUT2D eigenvalue weighted by Gasteiger charge is 2.13. The Morgan fingerprint density at radius 1 is 1.27 bits per heavy atom. The minimum absolute atomic E-state index is 0.0699. The lowest BCUT2D eigenvalue weighted by molar-refractivity contribution is 0.475. The average molecular weight is 384 g/mol. The van der Waals surface area contributed by atoms with E-state index >= 15 is 0 Å². The molecule has 0 atom stereocenters. The second-order valence-corrected chi connectivity index (χ2v) is 7.85. The maximum atomic E-state index is 13.0. The zero-order valence-corrected chi connectivity index (χ0v) is 16.1. The lowest BCUT2D eigenvalue weighted by Gasteiger charge is -2.15. The molecule has 0 fully saturated rings. The molecule has 0 radical (unpaired) electrons. The highest BCUT2D eigenvalue weighted by molar-refractivity contribution is 7.98. The third kappa shape index (κ3) is 4.09. The summed E-state index contributed by atoms with van der Waals surface area (Å²) in [5, 5.41) is 10.8. The van der Waals surface area contributed by atoms with Gasteiger partial charge in [0.1, 0.15) is 0 Å². The Hall–Kier alpha value is -2.29. The molecule has 0 bridgehead atoms. The van der Waals surface area contributed by atoms with Crippen LogP contribution in [0.4, 0.5) is 0 Å². The summed E-state index contributed by atoms with van der Waals surface area (Å²) in [4.78, 5) is 17.6. The van der Waals surface area contributed by atoms with E-state index in [1.165, 1.54) is 11.8 Å². The molecule has 6 heteroatoms. The van der Waals surface area contributed by atoms with Gasteiger partial charge in [-0.15, -0.1) is 0 Å². The van der Waals surface area contributed by atoms with Crippen LogP contribution in [0.5, 0.6) is 0 Å². The Balaban J connectivity index is 2.01. The molecule has 3 rings (SSSR count). The summed E-state index contributed by atoms with van der Waals surface area (Å²) in [6.45, 7) is 4.73. The number of hydrogen-bond donors (Lipinski definition) is 0. The molecule has 0 spiro atoms. The largest absolute Gasteiger partial charge is 0.287 e. The smallest absolute Gasteiger partial charge is 0.262 e. The van der Waals surface area contributed by atoms with Gasteiger partial charge in [0.2, 0.25) is 0 Å². The van der Waals surface area contributed by atoms with Gasteiger partial charge in [0.05, 0.1) is 22.5 Å². The molecule has 4 nitrogen and oxygen atoms in total. The first-order valence-electron chi connectivity index (χ1n) is 8.30. The topological polar surface area (TPSA) is 58.7 Å². The van der Waals surface area contributed by atoms with E-state index < -0.39 is 0 Å². The molecule has 0 amide bonds. The fourth-order valence-corrected chi connectivity index (χ4v) is 3.81. The maximum absolute atomic E-state index is 13.0. The van der Waals surface area contributed by atoms with E-state index in [0.717, 1.165) is 5.56 Å². The predicted molar refractivity (Wildman–Crippen MR) is 107 cm³/mol. The van der Waals surface area contributed by atoms with Crippen LogP contribution in [0.25, 0.3) is 10.9 Å². The molecular formula is C20H18ClN3OS. The Morgan fingerprint density at radius 2 is 2.08 bits per heavy atom. The Labute approximate surface area is 161 Å². The normalized spacial score (nSPS) is 11.0. The van der Waals surface area contributed by atoms with Crippen molar-refractivity contribution in [2.75, 3.05) is 0 Å². The van der Waals surface area contributed by atoms with Crippen LogP contribution in [-0.4, -0.2) is 9.55 Å². The quantitative estimate of drug-likeness (QED) is 0.466. The maximum Gasteiger partial charge on any atom is 0.262 e. The van der Waals surface area contributed by atoms with Gasteiger partial charge >= 0.3 is 0 Å². The average Bonchev–Trinajstić information content (AvgIpc) is 2.63. The zero-order chi connectivity index (χ0) is 18.7. The molecule has 2 aromatic carbocycles. The molecule has 1 aromatic heterocycles. The van der Waals surface area contributed by atoms with Gasteiger partial charge in [-0.2, -0.15) is 5.26 Å². The zero-order valence-electron chi connectivity index (χ0n) is 14.6. The van der Waals surface area contributed by atoms with Crippen LogP contribution < -0.4 is 5.56 Å². The number of rotatable bonds is 5. The lowest BCUT2D eigenvalue weighted by Crippen LogP contribution is -2.25. The van der Waals surface area contributed by atoms with Crippen molar-refractivity contribution in [1.29, 1.82) is 5.26 Å². The first kappa shape index (κ1) is 18.5. The summed E-state index contributed by atoms with van der Waals surface area (Å²) in [5.74, 6) is 0.950. The van der Waals surface area contributed by atoms with Crippen molar-refractivity contribution in [3.8, 4) is 6.07 Å². The molecule has 26 heavy (non-hydrogen) atoms. The summed E-state index contributed by atoms with van der Waals surface area (Å²) in [7, 11) is 0. The second kappa shape index (κ2) is 7.94. The van der Waals surface area contributed by atoms with Crippen LogP contribution in [-0.2, 0) is 12.3 Å². The van der Waals surface area contributed by atoms with Gasteiger partial charge in [-0.05, 0) is 41.8 Å². The Kier molecular flexibility index (Phi) is 5.65. The third-order valence-electron chi connectivity index (χ3n) is 3.85. The van der Waals surface area contributed by atoms with Gasteiger partial charge < -0.3 is 0 Å². The highest BCUT2D eigenvalue weighted by Crippen LogP contribution is 2.24. The number of fused-ring (bicyclic) bond motifs is 1. The van der Waals surface area contributed by atoms with Crippen molar-refractivity contribution in [2.45, 2.75) is 31.3 Å². The molecule has 0 aliphatic heterocycles. The van der Waals surface area contributed by atoms with Crippen LogP contribution in [0.1, 0.15) is 25.0 Å². The molecule has 0 saturated carbocycles. The van der Waals surface area contributed by atoms with Gasteiger partial charge in [0.15, 0.2) is 5.16 Å². The monoisotopic (exact) mass is 383 g/mol. The molecule has 132 valence electrons. The van der Waals surface area contributed by atoms with Gasteiger partial charge in [-0.3, -0.25) is 9.36 Å². The number of aromatic nitrogens is 2. The second-order valence-electron chi connectivity index (χ2n) is 6.47. The summed E-state index contributed by atoms with van der Waals surface area (Å²) >= 11 is 7.55. The van der Waals surface area contributed by atoms with E-state index in [-0.39, 0.29) is 5.56 Å². The van der Waals surface area contributed by atoms with Crippen LogP contribution in [0.15, 0.2) is 52.4 Å². The van der Waals surface area contributed by atoms with E-state index in [4.69, 9.17) is 21.8 Å². The number of hydrogen-bond acceptors (Lipinski definition) is 4. The van der Waals surface area contributed by atoms with Crippen LogP contribution in [0.3, 0.4) is 0 Å². The molecule has 0 saturated heterocycles. The van der Waals surface area contributed by atoms with E-state index in [2.05, 4.69) is 19.9 Å². The minimum atomic E-state index is -0.0699. The number of nitriles is 1. The van der Waals surface area contributed by atoms with Crippen molar-refractivity contribution in [3.05, 3.63) is 69.0 Å². The predicted octanol–water partition coefficient (Wildman–Crippen LogP) is 4.87. The van der Waals surface area contributed by atoms with Gasteiger partial charge in [0.25, 0.3) is 5.56 Å². The van der Waals surface area contributed by atoms with E-state index in [1.807, 2.05) is 18.2 Å². The van der Waals surface area contributed by atoms with Crippen molar-refractivity contribution in [1.82, 2.24) is 9.55 Å². The van der Waals surface area contributed by atoms with E-state index in [9.17, 15) is 4.79 Å². The summed E-state index contributed by atoms with van der Waals surface area (Å²) in [6.07, 6.45) is 0. The Morgan fingerprint density at radius 3 is 2.81 bits per heavy atom. The SMILES string of the molecule is CC(C)Cn1c(SCc2cccc(C#N)c2)nc2ccc(Cl)cc2c1=O. The summed E-state index contributed by atoms with van der Waals surface area (Å²) < 4.78 is 1.72. The summed E-state index contributed by atoms with van der Waals surface area (Å²) in [6, 6.07) is 14.8. The number of nitrogens with zero attached hydrogens (tertiary/aromatic N) is 3. The Bertz CT molecular complexity index is 1050. The van der Waals surface area contributed by atoms with E-state index in [0.29, 0.717) is 44.9 Å². The van der Waals surface area contributed by atoms with E-state index in [1.54, 1.807) is 28.8 Å². The molecular weight excluding hydrogens is 366 g/mol. The molecule has 0 unspecified atom stereocenters. The van der Waals surface area contributed by atoms with Crippen molar-refractivity contribution >= 4 is 34.3 Å². The van der Waals surface area contributed by atoms with Crippen LogP contribution >= 0.6 is 23.4 Å². The molecule has 3 aromatic rings. The standard InChI is InChI=1S/C20H18ClN3OS/c1-13(2)11-24-19(25)17-9-16(21)6-7-18(17)23-20(24)26-12-15-5-3-4-14(8-15)10-22/h3-9,13H,11-12H2,1-2H3. The molecule has 1 heterocycles. The van der Waals surface area contributed by atoms with Gasteiger partial charge in [-0.1, -0.05) is 49.3 Å².